The van der Waals surface area contributed by atoms with Crippen LogP contribution in [0.5, 0.6) is 0 Å². The number of rotatable bonds is 7. The van der Waals surface area contributed by atoms with Crippen molar-refractivity contribution in [3.8, 4) is 0 Å². The molecule has 1 aromatic rings. The van der Waals surface area contributed by atoms with Crippen LogP contribution in [0.4, 0.5) is 0 Å². The molecule has 0 fully saturated rings. The molecule has 0 amide bonds. The monoisotopic (exact) mass is 290 g/mol. The van der Waals surface area contributed by atoms with E-state index in [-0.39, 0.29) is 17.3 Å². The van der Waals surface area contributed by atoms with E-state index < -0.39 is 5.41 Å². The second-order valence-electron chi connectivity index (χ2n) is 7.33. The SMILES string of the molecule is CCC(C)(C)CC(C)(C(=O)OCc1ccccc1)C(C)C. The quantitative estimate of drug-likeness (QED) is 0.644. The van der Waals surface area contributed by atoms with Gasteiger partial charge in [0.2, 0.25) is 0 Å². The van der Waals surface area contributed by atoms with Crippen molar-refractivity contribution in [1.29, 1.82) is 0 Å². The van der Waals surface area contributed by atoms with Crippen LogP contribution in [-0.4, -0.2) is 5.97 Å². The molecule has 0 heterocycles. The average molecular weight is 290 g/mol. The van der Waals surface area contributed by atoms with Crippen molar-refractivity contribution >= 4 is 5.97 Å². The maximum absolute atomic E-state index is 12.7. The lowest BCUT2D eigenvalue weighted by molar-refractivity contribution is -0.161. The van der Waals surface area contributed by atoms with Gasteiger partial charge in [0, 0.05) is 0 Å². The molecule has 0 aliphatic rings. The molecule has 0 saturated carbocycles. The summed E-state index contributed by atoms with van der Waals surface area (Å²) in [6, 6.07) is 9.86. The summed E-state index contributed by atoms with van der Waals surface area (Å²) in [5.41, 5.74) is 0.741. The Hall–Kier alpha value is -1.31. The van der Waals surface area contributed by atoms with Gasteiger partial charge in [0.25, 0.3) is 0 Å². The third kappa shape index (κ3) is 4.87. The molecule has 1 rings (SSSR count). The number of esters is 1. The molecule has 0 bridgehead atoms. The maximum atomic E-state index is 12.7. The maximum Gasteiger partial charge on any atom is 0.312 e. The van der Waals surface area contributed by atoms with Gasteiger partial charge in [-0.05, 0) is 30.2 Å². The average Bonchev–Trinajstić information content (AvgIpc) is 2.45. The Morgan fingerprint density at radius 2 is 1.71 bits per heavy atom. The fourth-order valence-corrected chi connectivity index (χ4v) is 2.52. The van der Waals surface area contributed by atoms with E-state index in [0.717, 1.165) is 18.4 Å². The normalized spacial score (nSPS) is 14.8. The van der Waals surface area contributed by atoms with Gasteiger partial charge in [-0.3, -0.25) is 4.79 Å². The van der Waals surface area contributed by atoms with E-state index in [1.807, 2.05) is 37.3 Å². The summed E-state index contributed by atoms with van der Waals surface area (Å²) in [5.74, 6) is 0.175. The fourth-order valence-electron chi connectivity index (χ4n) is 2.52. The Labute approximate surface area is 129 Å². The van der Waals surface area contributed by atoms with Crippen molar-refractivity contribution in [2.24, 2.45) is 16.7 Å². The first kappa shape index (κ1) is 17.7. The Kier molecular flexibility index (Phi) is 6.00. The molecule has 2 heteroatoms. The predicted molar refractivity (Wildman–Crippen MR) is 87.9 cm³/mol. The molecular formula is C19H30O2. The van der Waals surface area contributed by atoms with Gasteiger partial charge >= 0.3 is 5.97 Å². The molecule has 0 aromatic heterocycles. The van der Waals surface area contributed by atoms with Gasteiger partial charge in [0.15, 0.2) is 0 Å². The number of carbonyl (C=O) groups excluding carboxylic acids is 1. The molecule has 1 atom stereocenters. The molecule has 21 heavy (non-hydrogen) atoms. The van der Waals surface area contributed by atoms with Crippen LogP contribution in [0.2, 0.25) is 0 Å². The zero-order chi connectivity index (χ0) is 16.1. The molecule has 0 aliphatic carbocycles. The highest BCUT2D eigenvalue weighted by atomic mass is 16.5. The lowest BCUT2D eigenvalue weighted by Gasteiger charge is -2.38. The third-order valence-corrected chi connectivity index (χ3v) is 4.76. The van der Waals surface area contributed by atoms with Crippen LogP contribution in [0.25, 0.3) is 0 Å². The Balaban J connectivity index is 2.78. The fraction of sp³-hybridized carbons (Fsp3) is 0.632. The molecule has 2 nitrogen and oxygen atoms in total. The van der Waals surface area contributed by atoms with E-state index in [1.165, 1.54) is 0 Å². The van der Waals surface area contributed by atoms with Gasteiger partial charge in [-0.2, -0.15) is 0 Å². The van der Waals surface area contributed by atoms with Crippen molar-refractivity contribution in [1.82, 2.24) is 0 Å². The summed E-state index contributed by atoms with van der Waals surface area (Å²) >= 11 is 0. The van der Waals surface area contributed by atoms with Crippen molar-refractivity contribution in [2.75, 3.05) is 0 Å². The number of carbonyl (C=O) groups is 1. The summed E-state index contributed by atoms with van der Waals surface area (Å²) in [7, 11) is 0. The molecule has 0 saturated heterocycles. The summed E-state index contributed by atoms with van der Waals surface area (Å²) in [5, 5.41) is 0. The van der Waals surface area contributed by atoms with Gasteiger partial charge in [0.1, 0.15) is 6.61 Å². The molecule has 1 unspecified atom stereocenters. The zero-order valence-electron chi connectivity index (χ0n) is 14.4. The summed E-state index contributed by atoms with van der Waals surface area (Å²) in [4.78, 5) is 12.7. The van der Waals surface area contributed by atoms with E-state index in [0.29, 0.717) is 6.61 Å². The summed E-state index contributed by atoms with van der Waals surface area (Å²) < 4.78 is 5.61. The first-order valence-corrected chi connectivity index (χ1v) is 7.92. The van der Waals surface area contributed by atoms with E-state index in [2.05, 4.69) is 34.6 Å². The smallest absolute Gasteiger partial charge is 0.312 e. The van der Waals surface area contributed by atoms with Crippen molar-refractivity contribution < 1.29 is 9.53 Å². The van der Waals surface area contributed by atoms with Gasteiger partial charge in [-0.25, -0.2) is 0 Å². The Bertz CT molecular complexity index is 448. The highest BCUT2D eigenvalue weighted by Gasteiger charge is 2.42. The van der Waals surface area contributed by atoms with Crippen LogP contribution >= 0.6 is 0 Å². The first-order chi connectivity index (χ1) is 9.71. The molecule has 118 valence electrons. The van der Waals surface area contributed by atoms with Gasteiger partial charge in [-0.15, -0.1) is 0 Å². The lowest BCUT2D eigenvalue weighted by Crippen LogP contribution is -2.39. The second-order valence-corrected chi connectivity index (χ2v) is 7.33. The zero-order valence-corrected chi connectivity index (χ0v) is 14.4. The predicted octanol–water partition coefficient (Wildman–Crippen LogP) is 5.22. The summed E-state index contributed by atoms with van der Waals surface area (Å²) in [6.07, 6.45) is 1.91. The number of benzene rings is 1. The minimum absolute atomic E-state index is 0.0807. The third-order valence-electron chi connectivity index (χ3n) is 4.76. The van der Waals surface area contributed by atoms with Gasteiger partial charge < -0.3 is 4.74 Å². The molecule has 0 aliphatic heterocycles. The highest BCUT2D eigenvalue weighted by molar-refractivity contribution is 5.76. The first-order valence-electron chi connectivity index (χ1n) is 7.92. The van der Waals surface area contributed by atoms with E-state index in [9.17, 15) is 4.79 Å². The van der Waals surface area contributed by atoms with Crippen molar-refractivity contribution in [3.63, 3.8) is 0 Å². The Morgan fingerprint density at radius 3 is 2.19 bits per heavy atom. The number of hydrogen-bond acceptors (Lipinski definition) is 2. The Morgan fingerprint density at radius 1 is 1.14 bits per heavy atom. The van der Waals surface area contributed by atoms with Crippen LogP contribution in [0.1, 0.15) is 59.9 Å². The number of ether oxygens (including phenoxy) is 1. The molecule has 0 radical (unpaired) electrons. The second kappa shape index (κ2) is 7.11. The molecule has 0 N–H and O–H groups in total. The standard InChI is InChI=1S/C19H30O2/c1-7-18(4,5)14-19(6,15(2)3)17(20)21-13-16-11-9-8-10-12-16/h8-12,15H,7,13-14H2,1-6H3. The van der Waals surface area contributed by atoms with Crippen LogP contribution in [0.15, 0.2) is 30.3 Å². The molecule has 1 aromatic carbocycles. The number of hydrogen-bond donors (Lipinski definition) is 0. The van der Waals surface area contributed by atoms with Crippen LogP contribution in [0.3, 0.4) is 0 Å². The minimum atomic E-state index is -0.436. The molecular weight excluding hydrogens is 260 g/mol. The van der Waals surface area contributed by atoms with E-state index >= 15 is 0 Å². The van der Waals surface area contributed by atoms with E-state index in [4.69, 9.17) is 4.74 Å². The summed E-state index contributed by atoms with van der Waals surface area (Å²) in [6.45, 7) is 13.2. The minimum Gasteiger partial charge on any atom is -0.460 e. The van der Waals surface area contributed by atoms with Gasteiger partial charge in [-0.1, -0.05) is 71.4 Å². The van der Waals surface area contributed by atoms with E-state index in [1.54, 1.807) is 0 Å². The van der Waals surface area contributed by atoms with Crippen molar-refractivity contribution in [2.45, 2.75) is 61.0 Å². The van der Waals surface area contributed by atoms with Crippen LogP contribution in [-0.2, 0) is 16.1 Å². The largest absolute Gasteiger partial charge is 0.460 e. The molecule has 0 spiro atoms. The van der Waals surface area contributed by atoms with Crippen LogP contribution < -0.4 is 0 Å². The van der Waals surface area contributed by atoms with Crippen molar-refractivity contribution in [3.05, 3.63) is 35.9 Å². The highest BCUT2D eigenvalue weighted by Crippen LogP contribution is 2.42. The van der Waals surface area contributed by atoms with Crippen LogP contribution in [0, 0.1) is 16.7 Å². The lowest BCUT2D eigenvalue weighted by atomic mass is 9.67. The topological polar surface area (TPSA) is 26.3 Å². The van der Waals surface area contributed by atoms with Gasteiger partial charge in [0.05, 0.1) is 5.41 Å².